The molecule has 0 aliphatic rings. The van der Waals surface area contributed by atoms with E-state index in [1.54, 1.807) is 0 Å². The van der Waals surface area contributed by atoms with Gasteiger partial charge in [-0.1, -0.05) is 43.7 Å². The predicted octanol–water partition coefficient (Wildman–Crippen LogP) is 6.11. The summed E-state index contributed by atoms with van der Waals surface area (Å²) in [6.45, 7) is 7.97. The van der Waals surface area contributed by atoms with Crippen molar-refractivity contribution < 1.29 is 13.2 Å². The van der Waals surface area contributed by atoms with Gasteiger partial charge in [-0.05, 0) is 54.2 Å². The molecule has 0 aliphatic heterocycles. The van der Waals surface area contributed by atoms with Crippen LogP contribution in [0, 0.1) is 13.8 Å². The number of alkyl halides is 3. The highest BCUT2D eigenvalue weighted by molar-refractivity contribution is 5.69. The van der Waals surface area contributed by atoms with Gasteiger partial charge in [-0.15, -0.1) is 0 Å². The molecule has 0 aliphatic carbocycles. The van der Waals surface area contributed by atoms with Gasteiger partial charge in [0.2, 0.25) is 0 Å². The molecule has 2 rings (SSSR count). The lowest BCUT2D eigenvalue weighted by atomic mass is 9.92. The van der Waals surface area contributed by atoms with Crippen LogP contribution in [0.1, 0.15) is 42.0 Å². The summed E-state index contributed by atoms with van der Waals surface area (Å²) in [6, 6.07) is 9.92. The molecular formula is C18H19F3. The zero-order valence-electron chi connectivity index (χ0n) is 12.7. The van der Waals surface area contributed by atoms with E-state index >= 15 is 0 Å². The van der Waals surface area contributed by atoms with Crippen molar-refractivity contribution in [3.8, 4) is 11.1 Å². The van der Waals surface area contributed by atoms with E-state index in [0.29, 0.717) is 11.5 Å². The van der Waals surface area contributed by atoms with E-state index in [-0.39, 0.29) is 0 Å². The first-order valence-electron chi connectivity index (χ1n) is 6.98. The Hall–Kier alpha value is -1.77. The standard InChI is InChI=1S/C18H19F3/c1-11(2)14-7-12(3)8-15(9-14)17-10-16(18(19,20)21)6-5-13(17)4/h5-11H,1-4H3. The number of hydrogen-bond donors (Lipinski definition) is 0. The van der Waals surface area contributed by atoms with Crippen molar-refractivity contribution in [1.29, 1.82) is 0 Å². The van der Waals surface area contributed by atoms with E-state index in [9.17, 15) is 13.2 Å². The summed E-state index contributed by atoms with van der Waals surface area (Å²) < 4.78 is 38.7. The molecule has 0 fully saturated rings. The van der Waals surface area contributed by atoms with E-state index in [2.05, 4.69) is 19.9 Å². The first kappa shape index (κ1) is 15.6. The molecule has 0 saturated carbocycles. The molecule has 3 heteroatoms. The Morgan fingerprint density at radius 1 is 0.905 bits per heavy atom. The maximum Gasteiger partial charge on any atom is 0.416 e. The van der Waals surface area contributed by atoms with Gasteiger partial charge in [-0.25, -0.2) is 0 Å². The summed E-state index contributed by atoms with van der Waals surface area (Å²) in [5.41, 5.74) is 3.95. The van der Waals surface area contributed by atoms with Crippen molar-refractivity contribution in [2.24, 2.45) is 0 Å². The average Bonchev–Trinajstić information content (AvgIpc) is 2.37. The van der Waals surface area contributed by atoms with Crippen LogP contribution in [-0.2, 0) is 6.18 Å². The van der Waals surface area contributed by atoms with Crippen LogP contribution in [0.3, 0.4) is 0 Å². The summed E-state index contributed by atoms with van der Waals surface area (Å²) >= 11 is 0. The maximum absolute atomic E-state index is 12.9. The third-order valence-corrected chi connectivity index (χ3v) is 3.64. The summed E-state index contributed by atoms with van der Waals surface area (Å²) in [6.07, 6.45) is -4.31. The molecular weight excluding hydrogens is 273 g/mol. The van der Waals surface area contributed by atoms with E-state index in [1.165, 1.54) is 12.1 Å². The normalized spacial score (nSPS) is 12.0. The molecule has 0 N–H and O–H groups in total. The summed E-state index contributed by atoms with van der Waals surface area (Å²) in [5, 5.41) is 0. The minimum atomic E-state index is -4.31. The smallest absolute Gasteiger partial charge is 0.166 e. The Labute approximate surface area is 123 Å². The number of rotatable bonds is 2. The second-order valence-corrected chi connectivity index (χ2v) is 5.81. The van der Waals surface area contributed by atoms with Crippen LogP contribution >= 0.6 is 0 Å². The van der Waals surface area contributed by atoms with Gasteiger partial charge in [-0.2, -0.15) is 13.2 Å². The van der Waals surface area contributed by atoms with Crippen LogP contribution in [0.25, 0.3) is 11.1 Å². The molecule has 0 atom stereocenters. The molecule has 21 heavy (non-hydrogen) atoms. The molecule has 0 amide bonds. The van der Waals surface area contributed by atoms with Crippen molar-refractivity contribution in [1.82, 2.24) is 0 Å². The second-order valence-electron chi connectivity index (χ2n) is 5.81. The molecule has 2 aromatic carbocycles. The lowest BCUT2D eigenvalue weighted by molar-refractivity contribution is -0.137. The van der Waals surface area contributed by atoms with Crippen LogP contribution in [0.4, 0.5) is 13.2 Å². The fourth-order valence-corrected chi connectivity index (χ4v) is 2.41. The highest BCUT2D eigenvalue weighted by Gasteiger charge is 2.30. The largest absolute Gasteiger partial charge is 0.416 e. The zero-order valence-corrected chi connectivity index (χ0v) is 12.7. The lowest BCUT2D eigenvalue weighted by Crippen LogP contribution is -2.05. The third kappa shape index (κ3) is 3.46. The van der Waals surface area contributed by atoms with Crippen molar-refractivity contribution in [3.05, 3.63) is 58.7 Å². The minimum absolute atomic E-state index is 0.342. The third-order valence-electron chi connectivity index (χ3n) is 3.64. The Bertz CT molecular complexity index is 652. The number of benzene rings is 2. The van der Waals surface area contributed by atoms with Crippen LogP contribution in [0.5, 0.6) is 0 Å². The van der Waals surface area contributed by atoms with Gasteiger partial charge < -0.3 is 0 Å². The molecule has 112 valence electrons. The van der Waals surface area contributed by atoms with Crippen molar-refractivity contribution >= 4 is 0 Å². The lowest BCUT2D eigenvalue weighted by Gasteiger charge is -2.14. The van der Waals surface area contributed by atoms with Crippen molar-refractivity contribution in [2.75, 3.05) is 0 Å². The van der Waals surface area contributed by atoms with Gasteiger partial charge in [-0.3, -0.25) is 0 Å². The number of halogens is 3. The molecule has 0 unspecified atom stereocenters. The SMILES string of the molecule is Cc1cc(-c2cc(C(F)(F)F)ccc2C)cc(C(C)C)c1. The predicted molar refractivity (Wildman–Crippen MR) is 80.4 cm³/mol. The Balaban J connectivity index is 2.61. The Morgan fingerprint density at radius 3 is 2.14 bits per heavy atom. The minimum Gasteiger partial charge on any atom is -0.166 e. The Kier molecular flexibility index (Phi) is 4.13. The van der Waals surface area contributed by atoms with Crippen molar-refractivity contribution in [2.45, 2.75) is 39.8 Å². The van der Waals surface area contributed by atoms with E-state index in [1.807, 2.05) is 26.0 Å². The second kappa shape index (κ2) is 5.55. The van der Waals surface area contributed by atoms with Crippen LogP contribution in [0.15, 0.2) is 36.4 Å². The summed E-state index contributed by atoms with van der Waals surface area (Å²) in [5.74, 6) is 0.342. The number of hydrogen-bond acceptors (Lipinski definition) is 0. The van der Waals surface area contributed by atoms with Gasteiger partial charge in [0, 0.05) is 0 Å². The molecule has 0 heterocycles. The van der Waals surface area contributed by atoms with Gasteiger partial charge in [0.05, 0.1) is 5.56 Å². The van der Waals surface area contributed by atoms with Crippen LogP contribution < -0.4 is 0 Å². The molecule has 0 bridgehead atoms. The molecule has 2 aromatic rings. The fraction of sp³-hybridized carbons (Fsp3) is 0.333. The van der Waals surface area contributed by atoms with Crippen molar-refractivity contribution in [3.63, 3.8) is 0 Å². The molecule has 0 radical (unpaired) electrons. The van der Waals surface area contributed by atoms with Crippen LogP contribution in [-0.4, -0.2) is 0 Å². The zero-order chi connectivity index (χ0) is 15.8. The van der Waals surface area contributed by atoms with Gasteiger partial charge in [0.15, 0.2) is 0 Å². The molecule has 0 saturated heterocycles. The van der Waals surface area contributed by atoms with Gasteiger partial charge in [0.25, 0.3) is 0 Å². The topological polar surface area (TPSA) is 0 Å². The van der Waals surface area contributed by atoms with E-state index in [4.69, 9.17) is 0 Å². The maximum atomic E-state index is 12.9. The first-order chi connectivity index (χ1) is 9.68. The molecule has 0 spiro atoms. The van der Waals surface area contributed by atoms with Crippen LogP contribution in [0.2, 0.25) is 0 Å². The van der Waals surface area contributed by atoms with Gasteiger partial charge in [0.1, 0.15) is 0 Å². The molecule has 0 nitrogen and oxygen atoms in total. The summed E-state index contributed by atoms with van der Waals surface area (Å²) in [7, 11) is 0. The Morgan fingerprint density at radius 2 is 1.57 bits per heavy atom. The fourth-order valence-electron chi connectivity index (χ4n) is 2.41. The monoisotopic (exact) mass is 292 g/mol. The highest BCUT2D eigenvalue weighted by Crippen LogP contribution is 2.35. The highest BCUT2D eigenvalue weighted by atomic mass is 19.4. The van der Waals surface area contributed by atoms with Gasteiger partial charge >= 0.3 is 6.18 Å². The summed E-state index contributed by atoms with van der Waals surface area (Å²) in [4.78, 5) is 0. The molecule has 0 aromatic heterocycles. The quantitative estimate of drug-likeness (QED) is 0.626. The number of aryl methyl sites for hydroxylation is 2. The average molecular weight is 292 g/mol. The van der Waals surface area contributed by atoms with E-state index < -0.39 is 11.7 Å². The first-order valence-corrected chi connectivity index (χ1v) is 6.98. The van der Waals surface area contributed by atoms with E-state index in [0.717, 1.165) is 28.3 Å².